The topological polar surface area (TPSA) is 96.4 Å². The first-order valence-corrected chi connectivity index (χ1v) is 9.33. The van der Waals surface area contributed by atoms with Crippen molar-refractivity contribution in [3.05, 3.63) is 95.8 Å². The van der Waals surface area contributed by atoms with Crippen molar-refractivity contribution in [2.24, 2.45) is 0 Å². The Morgan fingerprint density at radius 3 is 1.96 bits per heavy atom. The number of rotatable bonds is 6. The van der Waals surface area contributed by atoms with Gasteiger partial charge >= 0.3 is 5.97 Å². The smallest absolute Gasteiger partial charge is 0.354 e. The zero-order valence-corrected chi connectivity index (χ0v) is 14.4. The van der Waals surface area contributed by atoms with Crippen LogP contribution in [0.4, 0.5) is 5.69 Å². The zero-order chi connectivity index (χ0) is 18.6. The lowest BCUT2D eigenvalue weighted by molar-refractivity contribution is 0.0690. The molecule has 26 heavy (non-hydrogen) atoms. The summed E-state index contributed by atoms with van der Waals surface area (Å²) in [7, 11) is -3.89. The lowest BCUT2D eigenvalue weighted by Gasteiger charge is -2.20. The van der Waals surface area contributed by atoms with Gasteiger partial charge in [-0.15, -0.1) is 0 Å². The maximum atomic E-state index is 13.1. The molecule has 7 heteroatoms. The van der Waals surface area contributed by atoms with E-state index in [2.05, 4.69) is 9.71 Å². The monoisotopic (exact) mass is 368 g/mol. The van der Waals surface area contributed by atoms with E-state index in [0.717, 1.165) is 0 Å². The first-order valence-electron chi connectivity index (χ1n) is 7.78. The predicted molar refractivity (Wildman–Crippen MR) is 98.5 cm³/mol. The molecule has 0 unspecified atom stereocenters. The van der Waals surface area contributed by atoms with Crippen LogP contribution < -0.4 is 4.72 Å². The first-order chi connectivity index (χ1) is 12.5. The van der Waals surface area contributed by atoms with E-state index in [0.29, 0.717) is 11.1 Å². The van der Waals surface area contributed by atoms with Gasteiger partial charge in [0, 0.05) is 6.20 Å². The third-order valence-electron chi connectivity index (χ3n) is 3.75. The Labute approximate surface area is 151 Å². The molecule has 0 fully saturated rings. The average Bonchev–Trinajstić information content (AvgIpc) is 2.63. The summed E-state index contributed by atoms with van der Waals surface area (Å²) in [5.41, 5.74) is 1.13. The fourth-order valence-corrected chi connectivity index (χ4v) is 4.24. The van der Waals surface area contributed by atoms with E-state index in [-0.39, 0.29) is 11.4 Å². The largest absolute Gasteiger partial charge is 0.477 e. The molecule has 1 heterocycles. The molecule has 2 aromatic carbocycles. The van der Waals surface area contributed by atoms with Crippen LogP contribution in [0.3, 0.4) is 0 Å². The second-order valence-corrected chi connectivity index (χ2v) is 7.35. The van der Waals surface area contributed by atoms with Crippen LogP contribution in [-0.4, -0.2) is 24.5 Å². The zero-order valence-electron chi connectivity index (χ0n) is 13.6. The Morgan fingerprint density at radius 1 is 0.923 bits per heavy atom. The Bertz CT molecular complexity index is 966. The fourth-order valence-electron chi connectivity index (χ4n) is 2.64. The standard InChI is InChI=1S/C19H16N2O4S/c22-19(23)17-13-16(11-12-20-17)21-26(24,25)18(14-7-3-1-4-8-14)15-9-5-2-6-10-15/h1-13,18H,(H,20,21)(H,22,23). The average molecular weight is 368 g/mol. The van der Waals surface area contributed by atoms with Crippen molar-refractivity contribution in [1.29, 1.82) is 0 Å². The highest BCUT2D eigenvalue weighted by molar-refractivity contribution is 7.93. The number of nitrogens with zero attached hydrogens (tertiary/aromatic N) is 1. The number of pyridine rings is 1. The number of hydrogen-bond donors (Lipinski definition) is 2. The van der Waals surface area contributed by atoms with Gasteiger partial charge in [0.25, 0.3) is 0 Å². The van der Waals surface area contributed by atoms with Crippen LogP contribution in [0.15, 0.2) is 79.0 Å². The third kappa shape index (κ3) is 3.89. The summed E-state index contributed by atoms with van der Waals surface area (Å²) < 4.78 is 28.7. The molecule has 3 aromatic rings. The van der Waals surface area contributed by atoms with Gasteiger partial charge in [-0.1, -0.05) is 60.7 Å². The molecule has 132 valence electrons. The Kier molecular flexibility index (Phi) is 4.99. The van der Waals surface area contributed by atoms with Gasteiger partial charge in [0.2, 0.25) is 10.0 Å². The molecule has 0 aliphatic rings. The normalized spacial score (nSPS) is 11.3. The molecule has 0 saturated carbocycles. The van der Waals surface area contributed by atoms with Crippen LogP contribution in [0, 0.1) is 0 Å². The Balaban J connectivity index is 2.03. The number of carboxylic acid groups (broad SMARTS) is 1. The van der Waals surface area contributed by atoms with Gasteiger partial charge in [-0.05, 0) is 23.3 Å². The number of aromatic carboxylic acids is 1. The van der Waals surface area contributed by atoms with Crippen LogP contribution in [0.25, 0.3) is 0 Å². The molecule has 0 amide bonds. The van der Waals surface area contributed by atoms with Crippen molar-refractivity contribution in [1.82, 2.24) is 4.98 Å². The molecular weight excluding hydrogens is 352 g/mol. The number of carbonyl (C=O) groups is 1. The molecule has 0 saturated heterocycles. The maximum Gasteiger partial charge on any atom is 0.354 e. The van der Waals surface area contributed by atoms with Gasteiger partial charge in [0.1, 0.15) is 10.9 Å². The summed E-state index contributed by atoms with van der Waals surface area (Å²) >= 11 is 0. The number of aromatic nitrogens is 1. The number of anilines is 1. The molecule has 0 spiro atoms. The van der Waals surface area contributed by atoms with E-state index < -0.39 is 21.2 Å². The van der Waals surface area contributed by atoms with E-state index in [1.54, 1.807) is 48.5 Å². The molecule has 2 N–H and O–H groups in total. The highest BCUT2D eigenvalue weighted by Gasteiger charge is 2.29. The number of nitrogens with one attached hydrogen (secondary N) is 1. The number of benzene rings is 2. The molecular formula is C19H16N2O4S. The fraction of sp³-hybridized carbons (Fsp3) is 0.0526. The van der Waals surface area contributed by atoms with Crippen LogP contribution in [0.2, 0.25) is 0 Å². The molecule has 0 atom stereocenters. The summed E-state index contributed by atoms with van der Waals surface area (Å²) in [6.07, 6.45) is 1.25. The van der Waals surface area contributed by atoms with Crippen LogP contribution in [0.5, 0.6) is 0 Å². The summed E-state index contributed by atoms with van der Waals surface area (Å²) in [5.74, 6) is -1.23. The minimum absolute atomic E-state index is 0.147. The van der Waals surface area contributed by atoms with Gasteiger partial charge in [0.05, 0.1) is 5.69 Å². The Hall–Kier alpha value is -3.19. The summed E-state index contributed by atoms with van der Waals surface area (Å²) in [6, 6.07) is 20.3. The van der Waals surface area contributed by atoms with E-state index in [1.165, 1.54) is 18.3 Å². The van der Waals surface area contributed by atoms with Crippen LogP contribution in [-0.2, 0) is 10.0 Å². The molecule has 0 aliphatic heterocycles. The SMILES string of the molecule is O=C(O)c1cc(NS(=O)(=O)C(c2ccccc2)c2ccccc2)ccn1. The maximum absolute atomic E-state index is 13.1. The molecule has 0 radical (unpaired) electrons. The summed E-state index contributed by atoms with van der Waals surface area (Å²) in [6.45, 7) is 0. The minimum Gasteiger partial charge on any atom is -0.477 e. The highest BCUT2D eigenvalue weighted by Crippen LogP contribution is 2.31. The first kappa shape index (κ1) is 17.6. The van der Waals surface area contributed by atoms with Gasteiger partial charge in [-0.2, -0.15) is 0 Å². The number of hydrogen-bond acceptors (Lipinski definition) is 4. The van der Waals surface area contributed by atoms with Crippen molar-refractivity contribution in [3.8, 4) is 0 Å². The number of sulfonamides is 1. The van der Waals surface area contributed by atoms with E-state index >= 15 is 0 Å². The highest BCUT2D eigenvalue weighted by atomic mass is 32.2. The second-order valence-electron chi connectivity index (χ2n) is 5.58. The van der Waals surface area contributed by atoms with Crippen LogP contribution >= 0.6 is 0 Å². The molecule has 6 nitrogen and oxygen atoms in total. The summed E-state index contributed by atoms with van der Waals surface area (Å²) in [4.78, 5) is 14.8. The van der Waals surface area contributed by atoms with E-state index in [4.69, 9.17) is 5.11 Å². The van der Waals surface area contributed by atoms with Crippen molar-refractivity contribution >= 4 is 21.7 Å². The molecule has 0 aliphatic carbocycles. The molecule has 3 rings (SSSR count). The minimum atomic E-state index is -3.89. The molecule has 1 aromatic heterocycles. The molecule has 0 bridgehead atoms. The van der Waals surface area contributed by atoms with Crippen molar-refractivity contribution < 1.29 is 18.3 Å². The predicted octanol–water partition coefficient (Wildman–Crippen LogP) is 3.31. The third-order valence-corrected chi connectivity index (χ3v) is 5.44. The van der Waals surface area contributed by atoms with E-state index in [1.807, 2.05) is 12.1 Å². The van der Waals surface area contributed by atoms with Crippen molar-refractivity contribution in [2.75, 3.05) is 4.72 Å². The van der Waals surface area contributed by atoms with Crippen LogP contribution in [0.1, 0.15) is 26.9 Å². The van der Waals surface area contributed by atoms with Gasteiger partial charge in [-0.25, -0.2) is 18.2 Å². The van der Waals surface area contributed by atoms with Crippen molar-refractivity contribution in [2.45, 2.75) is 5.25 Å². The van der Waals surface area contributed by atoms with Gasteiger partial charge in [-0.3, -0.25) is 4.72 Å². The van der Waals surface area contributed by atoms with E-state index in [9.17, 15) is 13.2 Å². The quantitative estimate of drug-likeness (QED) is 0.696. The van der Waals surface area contributed by atoms with Gasteiger partial charge < -0.3 is 5.11 Å². The summed E-state index contributed by atoms with van der Waals surface area (Å²) in [5, 5.41) is 8.09. The van der Waals surface area contributed by atoms with Crippen molar-refractivity contribution in [3.63, 3.8) is 0 Å². The lowest BCUT2D eigenvalue weighted by atomic mass is 10.0. The lowest BCUT2D eigenvalue weighted by Crippen LogP contribution is -2.22. The number of carboxylic acids is 1. The Morgan fingerprint density at radius 2 is 1.46 bits per heavy atom. The second kappa shape index (κ2) is 7.37. The van der Waals surface area contributed by atoms with Gasteiger partial charge in [0.15, 0.2) is 0 Å².